The third kappa shape index (κ3) is 4.42. The van der Waals surface area contributed by atoms with Gasteiger partial charge in [-0.05, 0) is 55.8 Å². The summed E-state index contributed by atoms with van der Waals surface area (Å²) in [5.41, 5.74) is 6.49. The van der Waals surface area contributed by atoms with Crippen molar-refractivity contribution in [3.63, 3.8) is 0 Å². The topological polar surface area (TPSA) is 70.4 Å². The van der Waals surface area contributed by atoms with Crippen LogP contribution in [0.5, 0.6) is 5.75 Å². The molecule has 0 radical (unpaired) electrons. The van der Waals surface area contributed by atoms with E-state index in [2.05, 4.69) is 36.4 Å². The van der Waals surface area contributed by atoms with E-state index < -0.39 is 0 Å². The third-order valence-electron chi connectivity index (χ3n) is 3.58. The predicted octanol–water partition coefficient (Wildman–Crippen LogP) is 4.76. The highest BCUT2D eigenvalue weighted by Crippen LogP contribution is 2.20. The number of hydrogen-bond acceptors (Lipinski definition) is 5. The molecule has 0 spiro atoms. The molecule has 0 bridgehead atoms. The Labute approximate surface area is 154 Å². The van der Waals surface area contributed by atoms with Crippen LogP contribution in [0.3, 0.4) is 0 Å². The lowest BCUT2D eigenvalue weighted by Gasteiger charge is -2.07. The van der Waals surface area contributed by atoms with Crippen LogP contribution >= 0.6 is 15.9 Å². The molecule has 0 unspecified atom stereocenters. The van der Waals surface area contributed by atoms with Gasteiger partial charge in [-0.15, -0.1) is 0 Å². The van der Waals surface area contributed by atoms with Gasteiger partial charge in [0.05, 0.1) is 5.71 Å². The van der Waals surface area contributed by atoms with Gasteiger partial charge in [0, 0.05) is 21.8 Å². The first kappa shape index (κ1) is 17.1. The molecule has 0 aliphatic rings. The molecule has 6 heteroatoms. The minimum atomic E-state index is 0.232. The maximum absolute atomic E-state index is 9.36. The van der Waals surface area contributed by atoms with E-state index in [1.54, 1.807) is 12.1 Å². The summed E-state index contributed by atoms with van der Waals surface area (Å²) in [4.78, 5) is 9.01. The van der Waals surface area contributed by atoms with Crippen molar-refractivity contribution < 1.29 is 5.11 Å². The fraction of sp³-hybridized carbons (Fsp3) is 0.105. The van der Waals surface area contributed by atoms with Gasteiger partial charge < -0.3 is 5.11 Å². The number of phenolic OH excluding ortho intramolecular Hbond substituents is 1. The number of nitrogens with one attached hydrogen (secondary N) is 1. The van der Waals surface area contributed by atoms with Gasteiger partial charge in [-0.25, -0.2) is 9.97 Å². The van der Waals surface area contributed by atoms with Gasteiger partial charge in [-0.2, -0.15) is 5.10 Å². The van der Waals surface area contributed by atoms with Crippen LogP contribution in [-0.2, 0) is 0 Å². The monoisotopic (exact) mass is 396 g/mol. The van der Waals surface area contributed by atoms with E-state index in [-0.39, 0.29) is 5.75 Å². The Morgan fingerprint density at radius 3 is 2.40 bits per heavy atom. The maximum atomic E-state index is 9.36. The normalized spacial score (nSPS) is 11.4. The second-order valence-corrected chi connectivity index (χ2v) is 6.50. The molecule has 0 saturated carbocycles. The SMILES string of the molecule is C/C(=N\Nc1cc(C)nc(-c2ccc(Br)cc2)n1)c1ccc(O)cc1. The number of rotatable bonds is 4. The highest BCUT2D eigenvalue weighted by Gasteiger charge is 2.05. The second kappa shape index (κ2) is 7.44. The van der Waals surface area contributed by atoms with Crippen molar-refractivity contribution in [3.8, 4) is 17.1 Å². The molecular formula is C19H17BrN4O. The number of benzene rings is 2. The standard InChI is InChI=1S/C19H17BrN4O/c1-12-11-18(22-19(21-12)15-3-7-16(20)8-4-15)24-23-13(2)14-5-9-17(25)10-6-14/h3-11,25H,1-2H3,(H,21,22,24)/b23-13+. The number of phenols is 1. The molecule has 5 nitrogen and oxygen atoms in total. The van der Waals surface area contributed by atoms with E-state index >= 15 is 0 Å². The molecule has 1 aromatic heterocycles. The lowest BCUT2D eigenvalue weighted by molar-refractivity contribution is 0.475. The molecule has 2 aromatic carbocycles. The zero-order valence-electron chi connectivity index (χ0n) is 13.9. The van der Waals surface area contributed by atoms with Crippen molar-refractivity contribution in [2.45, 2.75) is 13.8 Å². The maximum Gasteiger partial charge on any atom is 0.161 e. The first-order valence-electron chi connectivity index (χ1n) is 7.72. The average Bonchev–Trinajstić information content (AvgIpc) is 2.60. The van der Waals surface area contributed by atoms with Crippen LogP contribution in [0.4, 0.5) is 5.82 Å². The summed E-state index contributed by atoms with van der Waals surface area (Å²) < 4.78 is 1.01. The molecule has 126 valence electrons. The Morgan fingerprint density at radius 2 is 1.72 bits per heavy atom. The Bertz CT molecular complexity index is 906. The van der Waals surface area contributed by atoms with Gasteiger partial charge in [-0.1, -0.05) is 28.1 Å². The smallest absolute Gasteiger partial charge is 0.161 e. The second-order valence-electron chi connectivity index (χ2n) is 5.58. The summed E-state index contributed by atoms with van der Waals surface area (Å²) in [7, 11) is 0. The Hall–Kier alpha value is -2.73. The van der Waals surface area contributed by atoms with Crippen LogP contribution in [-0.4, -0.2) is 20.8 Å². The van der Waals surface area contributed by atoms with Crippen LogP contribution < -0.4 is 5.43 Å². The minimum absolute atomic E-state index is 0.232. The highest BCUT2D eigenvalue weighted by atomic mass is 79.9. The Kier molecular flexibility index (Phi) is 5.09. The number of aryl methyl sites for hydroxylation is 1. The summed E-state index contributed by atoms with van der Waals surface area (Å²) in [5, 5.41) is 13.7. The Morgan fingerprint density at radius 1 is 1.04 bits per heavy atom. The number of hydrazone groups is 1. The quantitative estimate of drug-likeness (QED) is 0.492. The van der Waals surface area contributed by atoms with E-state index in [1.807, 2.05) is 56.3 Å². The molecule has 3 aromatic rings. The van der Waals surface area contributed by atoms with Crippen molar-refractivity contribution in [2.24, 2.45) is 5.10 Å². The van der Waals surface area contributed by atoms with Crippen molar-refractivity contribution in [2.75, 3.05) is 5.43 Å². The molecular weight excluding hydrogens is 380 g/mol. The number of halogens is 1. The zero-order chi connectivity index (χ0) is 17.8. The summed E-state index contributed by atoms with van der Waals surface area (Å²) in [6.07, 6.45) is 0. The number of nitrogens with zero attached hydrogens (tertiary/aromatic N) is 3. The number of aromatic hydroxyl groups is 1. The molecule has 0 saturated heterocycles. The van der Waals surface area contributed by atoms with Crippen LogP contribution in [0.15, 0.2) is 64.2 Å². The van der Waals surface area contributed by atoms with Crippen LogP contribution in [0.25, 0.3) is 11.4 Å². The molecule has 0 atom stereocenters. The minimum Gasteiger partial charge on any atom is -0.508 e. The third-order valence-corrected chi connectivity index (χ3v) is 4.11. The molecule has 0 aliphatic carbocycles. The number of aromatic nitrogens is 2. The van der Waals surface area contributed by atoms with E-state index in [0.717, 1.165) is 27.0 Å². The largest absolute Gasteiger partial charge is 0.508 e. The highest BCUT2D eigenvalue weighted by molar-refractivity contribution is 9.10. The van der Waals surface area contributed by atoms with Gasteiger partial charge in [0.2, 0.25) is 0 Å². The van der Waals surface area contributed by atoms with Crippen LogP contribution in [0, 0.1) is 6.92 Å². The average molecular weight is 397 g/mol. The van der Waals surface area contributed by atoms with E-state index in [9.17, 15) is 5.11 Å². The molecule has 1 heterocycles. The van der Waals surface area contributed by atoms with Crippen molar-refractivity contribution in [3.05, 3.63) is 70.3 Å². The van der Waals surface area contributed by atoms with E-state index in [1.165, 1.54) is 0 Å². The first-order valence-corrected chi connectivity index (χ1v) is 8.52. The molecule has 0 fully saturated rings. The summed E-state index contributed by atoms with van der Waals surface area (Å²) in [6, 6.07) is 16.6. The van der Waals surface area contributed by atoms with Gasteiger partial charge in [0.15, 0.2) is 11.6 Å². The lowest BCUT2D eigenvalue weighted by atomic mass is 10.1. The summed E-state index contributed by atoms with van der Waals surface area (Å²) in [5.74, 6) is 1.51. The van der Waals surface area contributed by atoms with Gasteiger partial charge in [-0.3, -0.25) is 5.43 Å². The first-order chi connectivity index (χ1) is 12.0. The van der Waals surface area contributed by atoms with Gasteiger partial charge in [0.25, 0.3) is 0 Å². The summed E-state index contributed by atoms with van der Waals surface area (Å²) >= 11 is 3.43. The summed E-state index contributed by atoms with van der Waals surface area (Å²) in [6.45, 7) is 3.81. The van der Waals surface area contributed by atoms with E-state index in [4.69, 9.17) is 0 Å². The van der Waals surface area contributed by atoms with Crippen molar-refractivity contribution >= 4 is 27.5 Å². The molecule has 0 amide bonds. The lowest BCUT2D eigenvalue weighted by Crippen LogP contribution is -2.02. The Balaban J connectivity index is 1.84. The molecule has 2 N–H and O–H groups in total. The fourth-order valence-electron chi connectivity index (χ4n) is 2.26. The molecule has 25 heavy (non-hydrogen) atoms. The number of anilines is 1. The molecule has 0 aliphatic heterocycles. The van der Waals surface area contributed by atoms with Gasteiger partial charge in [0.1, 0.15) is 5.75 Å². The number of hydrogen-bond donors (Lipinski definition) is 2. The predicted molar refractivity (Wildman–Crippen MR) is 104 cm³/mol. The fourth-order valence-corrected chi connectivity index (χ4v) is 2.53. The zero-order valence-corrected chi connectivity index (χ0v) is 15.4. The van der Waals surface area contributed by atoms with Gasteiger partial charge >= 0.3 is 0 Å². The van der Waals surface area contributed by atoms with Crippen LogP contribution in [0.1, 0.15) is 18.2 Å². The molecule has 3 rings (SSSR count). The van der Waals surface area contributed by atoms with Crippen molar-refractivity contribution in [1.29, 1.82) is 0 Å². The van der Waals surface area contributed by atoms with Crippen molar-refractivity contribution in [1.82, 2.24) is 9.97 Å². The van der Waals surface area contributed by atoms with E-state index in [0.29, 0.717) is 11.6 Å². The van der Waals surface area contributed by atoms with Crippen LogP contribution in [0.2, 0.25) is 0 Å².